The van der Waals surface area contributed by atoms with Gasteiger partial charge < -0.3 is 68.5 Å². The Bertz CT molecular complexity index is 1400. The van der Waals surface area contributed by atoms with Crippen molar-refractivity contribution in [2.45, 2.75) is 199 Å². The van der Waals surface area contributed by atoms with Crippen molar-refractivity contribution >= 4 is 11.9 Å². The quantitative estimate of drug-likeness (QED) is 0.189. The van der Waals surface area contributed by atoms with E-state index in [0.717, 1.165) is 6.42 Å². The van der Waals surface area contributed by atoms with Crippen LogP contribution in [0.2, 0.25) is 0 Å². The zero-order valence-electron chi connectivity index (χ0n) is 38.8. The maximum Gasteiger partial charge on any atom is 0.311 e. The highest BCUT2D eigenvalue weighted by molar-refractivity contribution is 5.75. The summed E-state index contributed by atoms with van der Waals surface area (Å²) in [7, 11) is 5.25. The second-order valence-corrected chi connectivity index (χ2v) is 19.5. The van der Waals surface area contributed by atoms with Gasteiger partial charge in [-0.25, -0.2) is 0 Å². The van der Waals surface area contributed by atoms with Gasteiger partial charge in [0, 0.05) is 44.6 Å². The largest absolute Gasteiger partial charge is 0.466 e. The van der Waals surface area contributed by atoms with Crippen LogP contribution in [-0.2, 0) is 42.7 Å². The SMILES string of the molecule is CCOC(=O)[C@H]1C[C@@H]1CN(C)[C@H]1C[C@@H](C)O[C@@H](O[C@@H]2[C@@H](C)[C@H](O[C@H]3C[C@@](C)(OC)[C@@H](O)[C@H](C)O3)[C@@H](C)C(=O)O[C@H](CC)[C@@](C)(O)[C@H](O)[C@@H](C)N(C)C[C@H](C)C[C@@]2(C)O)[C@@H]1O. The van der Waals surface area contributed by atoms with Crippen molar-refractivity contribution in [1.29, 1.82) is 0 Å². The summed E-state index contributed by atoms with van der Waals surface area (Å²) in [5.74, 6) is -3.01. The topological polar surface area (TPSA) is 206 Å². The molecule has 1 saturated carbocycles. The van der Waals surface area contributed by atoms with Crippen LogP contribution in [0.5, 0.6) is 0 Å². The van der Waals surface area contributed by atoms with E-state index in [0.29, 0.717) is 26.1 Å². The zero-order valence-corrected chi connectivity index (χ0v) is 38.8. The lowest BCUT2D eigenvalue weighted by Gasteiger charge is -2.49. The van der Waals surface area contributed by atoms with Crippen molar-refractivity contribution in [3.8, 4) is 0 Å². The standard InChI is InChI=1S/C44H80N2O14/c1-15-32-44(11,53)36(48)27(7)45(12)21-23(3)19-42(9,52)38(25(5)35(26(6)39(50)58-32)59-33-20-43(10,54-14)37(49)28(8)57-33)60-41-34(47)31(17-24(4)56-41)46(13)22-29-18-30(29)40(51)55-16-2/h23-38,41,47-49,52-53H,15-22H2,1-14H3/t23-,24-,25+,26-,27-,28+,29-,30+,31+,32-,33+,34-,35+,36-,37+,38-,41+,42-,43-,44-/m1/s1. The molecule has 3 saturated heterocycles. The fourth-order valence-corrected chi connectivity index (χ4v) is 10.2. The van der Waals surface area contributed by atoms with E-state index >= 15 is 0 Å². The minimum Gasteiger partial charge on any atom is -0.466 e. The molecule has 0 radical (unpaired) electrons. The van der Waals surface area contributed by atoms with Gasteiger partial charge in [0.15, 0.2) is 12.6 Å². The van der Waals surface area contributed by atoms with Gasteiger partial charge in [0.25, 0.3) is 0 Å². The van der Waals surface area contributed by atoms with E-state index in [-0.39, 0.29) is 49.1 Å². The van der Waals surface area contributed by atoms with Crippen molar-refractivity contribution in [3.05, 3.63) is 0 Å². The van der Waals surface area contributed by atoms with Crippen LogP contribution in [0.25, 0.3) is 0 Å². The fourth-order valence-electron chi connectivity index (χ4n) is 10.2. The van der Waals surface area contributed by atoms with Crippen LogP contribution >= 0.6 is 0 Å². The summed E-state index contributed by atoms with van der Waals surface area (Å²) in [6.45, 7) is 20.6. The van der Waals surface area contributed by atoms with Gasteiger partial charge in [-0.3, -0.25) is 9.59 Å². The van der Waals surface area contributed by atoms with Gasteiger partial charge >= 0.3 is 11.9 Å². The van der Waals surface area contributed by atoms with Crippen molar-refractivity contribution in [3.63, 3.8) is 0 Å². The summed E-state index contributed by atoms with van der Waals surface area (Å²) in [5.41, 5.74) is -4.49. The Morgan fingerprint density at radius 3 is 2.20 bits per heavy atom. The molecule has 4 fully saturated rings. The Balaban J connectivity index is 1.75. The summed E-state index contributed by atoms with van der Waals surface area (Å²) in [4.78, 5) is 30.7. The third kappa shape index (κ3) is 11.6. The number of esters is 2. The number of hydrogen-bond donors (Lipinski definition) is 5. The van der Waals surface area contributed by atoms with E-state index in [2.05, 4.69) is 0 Å². The molecule has 0 amide bonds. The van der Waals surface area contributed by atoms with Crippen LogP contribution in [-0.4, -0.2) is 178 Å². The average Bonchev–Trinajstić information content (AvgIpc) is 3.95. The summed E-state index contributed by atoms with van der Waals surface area (Å²) in [5, 5.41) is 59.1. The third-order valence-corrected chi connectivity index (χ3v) is 14.1. The van der Waals surface area contributed by atoms with E-state index in [1.807, 2.05) is 44.7 Å². The van der Waals surface area contributed by atoms with E-state index in [1.165, 1.54) is 14.0 Å². The van der Waals surface area contributed by atoms with Gasteiger partial charge in [-0.15, -0.1) is 0 Å². The molecule has 60 heavy (non-hydrogen) atoms. The lowest BCUT2D eigenvalue weighted by molar-refractivity contribution is -0.318. The smallest absolute Gasteiger partial charge is 0.311 e. The molecule has 350 valence electrons. The number of hydrogen-bond acceptors (Lipinski definition) is 16. The van der Waals surface area contributed by atoms with E-state index in [9.17, 15) is 35.1 Å². The monoisotopic (exact) mass is 861 g/mol. The number of rotatable bonds is 11. The van der Waals surface area contributed by atoms with Gasteiger partial charge in [-0.2, -0.15) is 0 Å². The molecule has 5 N–H and O–H groups in total. The molecule has 0 unspecified atom stereocenters. The highest BCUT2D eigenvalue weighted by Crippen LogP contribution is 2.43. The molecule has 0 aromatic rings. The second-order valence-electron chi connectivity index (χ2n) is 19.5. The normalized spacial score (nSPS) is 47.9. The summed E-state index contributed by atoms with van der Waals surface area (Å²) in [6, 6.07) is -0.967. The first-order valence-electron chi connectivity index (χ1n) is 22.3. The van der Waals surface area contributed by atoms with Crippen molar-refractivity contribution in [2.24, 2.45) is 29.6 Å². The predicted octanol–water partition coefficient (Wildman–Crippen LogP) is 2.47. The number of likely N-dealkylation sites (N-methyl/N-ethyl adjacent to an activating group) is 2. The third-order valence-electron chi connectivity index (χ3n) is 14.1. The molecule has 1 aliphatic carbocycles. The number of cyclic esters (lactones) is 1. The van der Waals surface area contributed by atoms with Crippen LogP contribution < -0.4 is 0 Å². The number of aliphatic hydroxyl groups is 5. The molecule has 0 aromatic carbocycles. The Hall–Kier alpha value is -1.54. The van der Waals surface area contributed by atoms with Gasteiger partial charge in [0.05, 0.1) is 54.1 Å². The van der Waals surface area contributed by atoms with Crippen molar-refractivity contribution in [2.75, 3.05) is 40.9 Å². The van der Waals surface area contributed by atoms with Crippen LogP contribution in [0.4, 0.5) is 0 Å². The summed E-state index contributed by atoms with van der Waals surface area (Å²) in [6.07, 6.45) is -8.19. The minimum atomic E-state index is -1.83. The molecule has 3 aliphatic heterocycles. The highest BCUT2D eigenvalue weighted by Gasteiger charge is 2.53. The molecule has 0 aromatic heterocycles. The molecule has 20 atom stereocenters. The predicted molar refractivity (Wildman–Crippen MR) is 221 cm³/mol. The van der Waals surface area contributed by atoms with Gasteiger partial charge in [-0.1, -0.05) is 20.8 Å². The van der Waals surface area contributed by atoms with E-state index in [4.69, 9.17) is 33.2 Å². The van der Waals surface area contributed by atoms with Gasteiger partial charge in [-0.05, 0) is 107 Å². The Labute approximate surface area is 358 Å². The maximum absolute atomic E-state index is 14.4. The van der Waals surface area contributed by atoms with Crippen molar-refractivity contribution in [1.82, 2.24) is 9.80 Å². The van der Waals surface area contributed by atoms with Crippen LogP contribution in [0.1, 0.15) is 108 Å². The maximum atomic E-state index is 14.4. The van der Waals surface area contributed by atoms with E-state index < -0.39 is 102 Å². The van der Waals surface area contributed by atoms with E-state index in [1.54, 1.807) is 48.5 Å². The molecule has 4 aliphatic rings. The molecular formula is C44H80N2O14. The Morgan fingerprint density at radius 2 is 1.60 bits per heavy atom. The summed E-state index contributed by atoms with van der Waals surface area (Å²) >= 11 is 0. The molecular weight excluding hydrogens is 780 g/mol. The molecule has 16 heteroatoms. The number of nitrogens with zero attached hydrogens (tertiary/aromatic N) is 2. The number of ether oxygens (including phenoxy) is 7. The van der Waals surface area contributed by atoms with Gasteiger partial charge in [0.1, 0.15) is 30.0 Å². The number of carbonyl (C=O) groups is 2. The van der Waals surface area contributed by atoms with Crippen molar-refractivity contribution < 1.29 is 68.3 Å². The Morgan fingerprint density at radius 1 is 0.950 bits per heavy atom. The first-order valence-corrected chi connectivity index (χ1v) is 22.3. The van der Waals surface area contributed by atoms with Crippen LogP contribution in [0.15, 0.2) is 0 Å². The lowest BCUT2D eigenvalue weighted by Crippen LogP contribution is -2.61. The molecule has 4 rings (SSSR count). The molecule has 0 bridgehead atoms. The summed E-state index contributed by atoms with van der Waals surface area (Å²) < 4.78 is 43.2. The highest BCUT2D eigenvalue weighted by atomic mass is 16.7. The first kappa shape index (κ1) is 51.1. The average molecular weight is 861 g/mol. The zero-order chi connectivity index (χ0) is 45.2. The fraction of sp³-hybridized carbons (Fsp3) is 0.955. The minimum absolute atomic E-state index is 0.104. The second kappa shape index (κ2) is 20.5. The number of methoxy groups -OCH3 is 1. The number of aliphatic hydroxyl groups excluding tert-OH is 3. The van der Waals surface area contributed by atoms with Gasteiger partial charge in [0.2, 0.25) is 0 Å². The molecule has 3 heterocycles. The van der Waals surface area contributed by atoms with Crippen LogP contribution in [0, 0.1) is 29.6 Å². The molecule has 16 nitrogen and oxygen atoms in total. The van der Waals surface area contributed by atoms with Crippen LogP contribution in [0.3, 0.4) is 0 Å². The molecule has 0 spiro atoms. The lowest BCUT2D eigenvalue weighted by atomic mass is 9.77. The Kier molecular flexibility index (Phi) is 17.5. The number of carbonyl (C=O) groups excluding carboxylic acids is 2. The first-order chi connectivity index (χ1) is 27.8.